The Hall–Kier alpha value is -1.40. The van der Waals surface area contributed by atoms with E-state index >= 15 is 0 Å². The molecule has 19 heavy (non-hydrogen) atoms. The van der Waals surface area contributed by atoms with Crippen LogP contribution >= 0.6 is 0 Å². The zero-order chi connectivity index (χ0) is 14.4. The quantitative estimate of drug-likeness (QED) is 0.840. The largest absolute Gasteiger partial charge is 0.480 e. The number of aliphatic carboxylic acids is 1. The van der Waals surface area contributed by atoms with Crippen molar-refractivity contribution in [3.63, 3.8) is 0 Å². The van der Waals surface area contributed by atoms with Crippen molar-refractivity contribution in [1.82, 2.24) is 0 Å². The molecule has 5 nitrogen and oxygen atoms in total. The first-order chi connectivity index (χ1) is 8.72. The fourth-order valence-electron chi connectivity index (χ4n) is 2.64. The smallest absolute Gasteiger partial charge is 0.325 e. The molecule has 0 spiro atoms. The monoisotopic (exact) mass is 283 g/mol. The molecule has 1 fully saturated rings. The van der Waals surface area contributed by atoms with Gasteiger partial charge in [-0.2, -0.15) is 0 Å². The summed E-state index contributed by atoms with van der Waals surface area (Å²) < 4.78 is 23.4. The Bertz CT molecular complexity index is 608. The predicted molar refractivity (Wildman–Crippen MR) is 71.7 cm³/mol. The SMILES string of the molecule is CCc1ccc([C@@H]2[C@H](S(C)(=O)=O)[C@@]2(N)C(=O)O)cc1. The number of hydrogen-bond donors (Lipinski definition) is 2. The normalized spacial score (nSPS) is 30.1. The molecular formula is C13H17NO4S. The van der Waals surface area contributed by atoms with Crippen LogP contribution in [0.15, 0.2) is 24.3 Å². The molecular weight excluding hydrogens is 266 g/mol. The van der Waals surface area contributed by atoms with Gasteiger partial charge in [0.25, 0.3) is 0 Å². The minimum Gasteiger partial charge on any atom is -0.480 e. The zero-order valence-electron chi connectivity index (χ0n) is 10.8. The second kappa shape index (κ2) is 4.31. The molecule has 6 heteroatoms. The maximum Gasteiger partial charge on any atom is 0.325 e. The van der Waals surface area contributed by atoms with Gasteiger partial charge in [-0.15, -0.1) is 0 Å². The van der Waals surface area contributed by atoms with Gasteiger partial charge in [0.1, 0.15) is 5.54 Å². The molecule has 0 saturated heterocycles. The molecule has 0 aromatic heterocycles. The Labute approximate surface area is 112 Å². The van der Waals surface area contributed by atoms with Crippen molar-refractivity contribution >= 4 is 15.8 Å². The third-order valence-electron chi connectivity index (χ3n) is 3.76. The molecule has 3 N–H and O–H groups in total. The first-order valence-corrected chi connectivity index (χ1v) is 7.98. The maximum absolute atomic E-state index is 11.7. The van der Waals surface area contributed by atoms with E-state index < -0.39 is 32.5 Å². The van der Waals surface area contributed by atoms with E-state index in [0.717, 1.165) is 18.2 Å². The summed E-state index contributed by atoms with van der Waals surface area (Å²) in [6, 6.07) is 7.27. The highest BCUT2D eigenvalue weighted by Crippen LogP contribution is 2.54. The fraction of sp³-hybridized carbons (Fsp3) is 0.462. The van der Waals surface area contributed by atoms with Gasteiger partial charge in [0.05, 0.1) is 5.25 Å². The Kier molecular flexibility index (Phi) is 3.18. The van der Waals surface area contributed by atoms with Gasteiger partial charge >= 0.3 is 5.97 Å². The first-order valence-electron chi connectivity index (χ1n) is 6.03. The van der Waals surface area contributed by atoms with E-state index in [-0.39, 0.29) is 0 Å². The summed E-state index contributed by atoms with van der Waals surface area (Å²) in [5.74, 6) is -1.95. The lowest BCUT2D eigenvalue weighted by molar-refractivity contribution is -0.139. The Morgan fingerprint density at radius 2 is 1.89 bits per heavy atom. The maximum atomic E-state index is 11.7. The molecule has 0 amide bonds. The van der Waals surface area contributed by atoms with Gasteiger partial charge in [0.15, 0.2) is 9.84 Å². The average molecular weight is 283 g/mol. The van der Waals surface area contributed by atoms with Crippen LogP contribution in [0.25, 0.3) is 0 Å². The van der Waals surface area contributed by atoms with E-state index in [0.29, 0.717) is 5.56 Å². The standard InChI is InChI=1S/C13H17NO4S/c1-3-8-4-6-9(7-5-8)10-11(19(2,17)18)13(10,14)12(15)16/h4-7,10-11H,3,14H2,1-2H3,(H,15,16)/t10-,11+,13-/m1/s1. The van der Waals surface area contributed by atoms with Crippen LogP contribution < -0.4 is 5.73 Å². The number of carbonyl (C=O) groups is 1. The summed E-state index contributed by atoms with van der Waals surface area (Å²) in [6.07, 6.45) is 1.90. The number of aryl methyl sites for hydroxylation is 1. The van der Waals surface area contributed by atoms with Crippen molar-refractivity contribution in [2.24, 2.45) is 5.73 Å². The van der Waals surface area contributed by atoms with E-state index in [1.807, 2.05) is 19.1 Å². The molecule has 104 valence electrons. The van der Waals surface area contributed by atoms with Crippen molar-refractivity contribution in [2.75, 3.05) is 6.26 Å². The van der Waals surface area contributed by atoms with Crippen LogP contribution in [0.2, 0.25) is 0 Å². The van der Waals surface area contributed by atoms with E-state index in [1.165, 1.54) is 0 Å². The average Bonchev–Trinajstić information content (AvgIpc) is 2.98. The minimum atomic E-state index is -3.50. The van der Waals surface area contributed by atoms with Crippen LogP contribution in [0, 0.1) is 0 Å². The van der Waals surface area contributed by atoms with Crippen LogP contribution in [-0.2, 0) is 21.1 Å². The van der Waals surface area contributed by atoms with Crippen LogP contribution in [0.4, 0.5) is 0 Å². The topological polar surface area (TPSA) is 97.5 Å². The van der Waals surface area contributed by atoms with Gasteiger partial charge in [0.2, 0.25) is 0 Å². The third-order valence-corrected chi connectivity index (χ3v) is 5.34. The lowest BCUT2D eigenvalue weighted by Crippen LogP contribution is -2.39. The van der Waals surface area contributed by atoms with Gasteiger partial charge in [-0.25, -0.2) is 8.42 Å². The van der Waals surface area contributed by atoms with Crippen LogP contribution in [0.1, 0.15) is 24.0 Å². The summed E-state index contributed by atoms with van der Waals surface area (Å²) in [6.45, 7) is 2.01. The van der Waals surface area contributed by atoms with E-state index in [2.05, 4.69) is 0 Å². The Morgan fingerprint density at radius 3 is 2.21 bits per heavy atom. The van der Waals surface area contributed by atoms with E-state index in [9.17, 15) is 18.3 Å². The molecule has 1 aromatic carbocycles. The molecule has 1 saturated carbocycles. The molecule has 2 rings (SSSR count). The van der Waals surface area contributed by atoms with Crippen molar-refractivity contribution in [2.45, 2.75) is 30.1 Å². The highest BCUT2D eigenvalue weighted by Gasteiger charge is 2.73. The minimum absolute atomic E-state index is 0.664. The number of hydrogen-bond acceptors (Lipinski definition) is 4. The predicted octanol–water partition coefficient (Wildman–Crippen LogP) is 0.541. The number of sulfone groups is 1. The number of carboxylic acids is 1. The molecule has 0 unspecified atom stereocenters. The van der Waals surface area contributed by atoms with Crippen molar-refractivity contribution < 1.29 is 18.3 Å². The molecule has 1 aliphatic carbocycles. The summed E-state index contributed by atoms with van der Waals surface area (Å²) >= 11 is 0. The number of rotatable bonds is 4. The zero-order valence-corrected chi connectivity index (χ0v) is 11.6. The van der Waals surface area contributed by atoms with Gasteiger partial charge in [-0.05, 0) is 17.5 Å². The molecule has 0 heterocycles. The summed E-state index contributed by atoms with van der Waals surface area (Å²) in [5, 5.41) is 8.14. The lowest BCUT2D eigenvalue weighted by atomic mass is 10.0. The van der Waals surface area contributed by atoms with Crippen molar-refractivity contribution in [3.05, 3.63) is 35.4 Å². The molecule has 3 atom stereocenters. The molecule has 0 radical (unpaired) electrons. The van der Waals surface area contributed by atoms with Crippen molar-refractivity contribution in [3.8, 4) is 0 Å². The van der Waals surface area contributed by atoms with Crippen LogP contribution in [0.5, 0.6) is 0 Å². The van der Waals surface area contributed by atoms with Gasteiger partial charge in [0, 0.05) is 12.2 Å². The van der Waals surface area contributed by atoms with E-state index in [4.69, 9.17) is 5.73 Å². The number of carboxylic acid groups (broad SMARTS) is 1. The van der Waals surface area contributed by atoms with Gasteiger partial charge in [-0.3, -0.25) is 4.79 Å². The summed E-state index contributed by atoms with van der Waals surface area (Å²) in [5.41, 5.74) is 5.85. The lowest BCUT2D eigenvalue weighted by Gasteiger charge is -2.05. The third kappa shape index (κ3) is 2.15. The van der Waals surface area contributed by atoms with Gasteiger partial charge in [-0.1, -0.05) is 31.2 Å². The Balaban J connectivity index is 2.41. The van der Waals surface area contributed by atoms with Crippen molar-refractivity contribution in [1.29, 1.82) is 0 Å². The van der Waals surface area contributed by atoms with Crippen LogP contribution in [0.3, 0.4) is 0 Å². The second-order valence-corrected chi connectivity index (χ2v) is 7.23. The van der Waals surface area contributed by atoms with Crippen LogP contribution in [-0.4, -0.2) is 36.5 Å². The summed E-state index contributed by atoms with van der Waals surface area (Å²) in [7, 11) is -3.50. The molecule has 0 aliphatic heterocycles. The molecule has 1 aliphatic rings. The number of benzene rings is 1. The van der Waals surface area contributed by atoms with E-state index in [1.54, 1.807) is 12.1 Å². The second-order valence-electron chi connectivity index (χ2n) is 5.06. The Morgan fingerprint density at radius 1 is 1.37 bits per heavy atom. The molecule has 0 bridgehead atoms. The number of nitrogens with two attached hydrogens (primary N) is 1. The first kappa shape index (κ1) is 14.0. The van der Waals surface area contributed by atoms with Gasteiger partial charge < -0.3 is 10.8 Å². The highest BCUT2D eigenvalue weighted by atomic mass is 32.2. The highest BCUT2D eigenvalue weighted by molar-refractivity contribution is 7.91. The molecule has 1 aromatic rings. The summed E-state index contributed by atoms with van der Waals surface area (Å²) in [4.78, 5) is 11.3. The fourth-order valence-corrected chi connectivity index (χ4v) is 4.40.